The van der Waals surface area contributed by atoms with Gasteiger partial charge in [-0.15, -0.1) is 0 Å². The van der Waals surface area contributed by atoms with Crippen molar-refractivity contribution in [2.24, 2.45) is 0 Å². The molecule has 104 valence electrons. The van der Waals surface area contributed by atoms with Crippen molar-refractivity contribution in [3.63, 3.8) is 0 Å². The summed E-state index contributed by atoms with van der Waals surface area (Å²) in [4.78, 5) is 2.12. The fourth-order valence-corrected chi connectivity index (χ4v) is 1.43. The van der Waals surface area contributed by atoms with Crippen LogP contribution in [0.2, 0.25) is 0 Å². The van der Waals surface area contributed by atoms with E-state index in [4.69, 9.17) is 4.74 Å². The van der Waals surface area contributed by atoms with Gasteiger partial charge in [0, 0.05) is 19.6 Å². The highest BCUT2D eigenvalue weighted by Gasteiger charge is 2.08. The molecule has 2 N–H and O–H groups in total. The molecule has 0 bridgehead atoms. The molecule has 0 amide bonds. The molecule has 0 rings (SSSR count). The Balaban J connectivity index is 3.35. The smallest absolute Gasteiger partial charge is 0.261 e. The molecule has 0 aromatic rings. The third-order valence-corrected chi connectivity index (χ3v) is 2.41. The molecule has 1 unspecified atom stereocenters. The van der Waals surface area contributed by atoms with Gasteiger partial charge in [-0.2, -0.15) is 0 Å². The fourth-order valence-electron chi connectivity index (χ4n) is 1.43. The minimum absolute atomic E-state index is 0.238. The highest BCUT2D eigenvalue weighted by molar-refractivity contribution is 4.64. The maximum Gasteiger partial charge on any atom is 0.261 e. The van der Waals surface area contributed by atoms with Crippen molar-refractivity contribution < 1.29 is 18.6 Å². The zero-order chi connectivity index (χ0) is 13.1. The number of likely N-dealkylation sites (N-methyl/N-ethyl adjacent to an activating group) is 1. The van der Waals surface area contributed by atoms with Gasteiger partial charge < -0.3 is 20.1 Å². The maximum atomic E-state index is 11.7. The van der Waals surface area contributed by atoms with Crippen LogP contribution in [0.15, 0.2) is 0 Å². The molecule has 4 nitrogen and oxygen atoms in total. The standard InChI is InChI=1S/C11H24F2N2O2/c1-3-15(4-2)8-10(16)7-14-5-6-17-9-11(12)13/h10-11,14,16H,3-9H2,1-2H3. The highest BCUT2D eigenvalue weighted by atomic mass is 19.3. The van der Waals surface area contributed by atoms with E-state index in [1.807, 2.05) is 13.8 Å². The lowest BCUT2D eigenvalue weighted by Crippen LogP contribution is -2.39. The van der Waals surface area contributed by atoms with Gasteiger partial charge in [0.1, 0.15) is 6.61 Å². The second-order valence-electron chi connectivity index (χ2n) is 3.81. The van der Waals surface area contributed by atoms with Crippen LogP contribution in [0.25, 0.3) is 0 Å². The Kier molecular flexibility index (Phi) is 10.6. The molecule has 0 radical (unpaired) electrons. The highest BCUT2D eigenvalue weighted by Crippen LogP contribution is 1.92. The van der Waals surface area contributed by atoms with Crippen LogP contribution in [-0.4, -0.2) is 68.5 Å². The average Bonchev–Trinajstić information content (AvgIpc) is 2.30. The summed E-state index contributed by atoms with van der Waals surface area (Å²) < 4.78 is 28.1. The molecule has 6 heteroatoms. The van der Waals surface area contributed by atoms with Crippen LogP contribution in [0.3, 0.4) is 0 Å². The summed E-state index contributed by atoms with van der Waals surface area (Å²) in [6.07, 6.45) is -2.85. The van der Waals surface area contributed by atoms with Crippen LogP contribution < -0.4 is 5.32 Å². The van der Waals surface area contributed by atoms with Crippen LogP contribution in [0.4, 0.5) is 8.78 Å². The summed E-state index contributed by atoms with van der Waals surface area (Å²) >= 11 is 0. The zero-order valence-electron chi connectivity index (χ0n) is 10.7. The number of ether oxygens (including phenoxy) is 1. The van der Waals surface area contributed by atoms with E-state index in [9.17, 15) is 13.9 Å². The number of nitrogens with zero attached hydrogens (tertiary/aromatic N) is 1. The van der Waals surface area contributed by atoms with Gasteiger partial charge in [0.2, 0.25) is 0 Å². The molecule has 0 spiro atoms. The minimum Gasteiger partial charge on any atom is -0.390 e. The van der Waals surface area contributed by atoms with Crippen molar-refractivity contribution >= 4 is 0 Å². The van der Waals surface area contributed by atoms with Gasteiger partial charge >= 0.3 is 0 Å². The van der Waals surface area contributed by atoms with E-state index in [1.165, 1.54) is 0 Å². The molecule has 17 heavy (non-hydrogen) atoms. The molecule has 0 saturated carbocycles. The maximum absolute atomic E-state index is 11.7. The molecule has 0 saturated heterocycles. The topological polar surface area (TPSA) is 44.7 Å². The number of hydrogen-bond donors (Lipinski definition) is 2. The first-order valence-electron chi connectivity index (χ1n) is 6.07. The van der Waals surface area contributed by atoms with Gasteiger partial charge in [0.05, 0.1) is 12.7 Å². The van der Waals surface area contributed by atoms with E-state index in [0.29, 0.717) is 19.6 Å². The van der Waals surface area contributed by atoms with Crippen LogP contribution in [-0.2, 0) is 4.74 Å². The van der Waals surface area contributed by atoms with Gasteiger partial charge in [0.15, 0.2) is 0 Å². The molecular formula is C11H24F2N2O2. The van der Waals surface area contributed by atoms with Crippen molar-refractivity contribution in [3.05, 3.63) is 0 Å². The van der Waals surface area contributed by atoms with E-state index in [-0.39, 0.29) is 6.61 Å². The lowest BCUT2D eigenvalue weighted by Gasteiger charge is -2.22. The van der Waals surface area contributed by atoms with Crippen LogP contribution in [0.1, 0.15) is 13.8 Å². The summed E-state index contributed by atoms with van der Waals surface area (Å²) in [5, 5.41) is 12.6. The van der Waals surface area contributed by atoms with Gasteiger partial charge in [-0.1, -0.05) is 13.8 Å². The van der Waals surface area contributed by atoms with Crippen molar-refractivity contribution in [2.45, 2.75) is 26.4 Å². The van der Waals surface area contributed by atoms with E-state index in [2.05, 4.69) is 10.2 Å². The van der Waals surface area contributed by atoms with E-state index in [1.54, 1.807) is 0 Å². The molecule has 1 atom stereocenters. The number of alkyl halides is 2. The zero-order valence-corrected chi connectivity index (χ0v) is 10.7. The van der Waals surface area contributed by atoms with Crippen molar-refractivity contribution in [1.82, 2.24) is 10.2 Å². The number of aliphatic hydroxyl groups excluding tert-OH is 1. The van der Waals surface area contributed by atoms with Gasteiger partial charge in [-0.25, -0.2) is 8.78 Å². The Morgan fingerprint density at radius 1 is 1.29 bits per heavy atom. The number of rotatable bonds is 11. The Hall–Kier alpha value is -0.300. The summed E-state index contributed by atoms with van der Waals surface area (Å²) in [6.45, 7) is 7.17. The minimum atomic E-state index is -2.41. The predicted molar refractivity (Wildman–Crippen MR) is 63.5 cm³/mol. The molecule has 0 aromatic carbocycles. The molecule has 0 aliphatic carbocycles. The third kappa shape index (κ3) is 10.6. The van der Waals surface area contributed by atoms with E-state index < -0.39 is 19.1 Å². The van der Waals surface area contributed by atoms with Crippen molar-refractivity contribution in [2.75, 3.05) is 45.9 Å². The second-order valence-corrected chi connectivity index (χ2v) is 3.81. The quantitative estimate of drug-likeness (QED) is 0.529. The summed E-state index contributed by atoms with van der Waals surface area (Å²) in [7, 11) is 0. The van der Waals surface area contributed by atoms with Crippen LogP contribution in [0, 0.1) is 0 Å². The number of nitrogens with one attached hydrogen (secondary N) is 1. The molecule has 0 heterocycles. The molecular weight excluding hydrogens is 230 g/mol. The molecule has 0 fully saturated rings. The molecule has 0 aliphatic heterocycles. The average molecular weight is 254 g/mol. The lowest BCUT2D eigenvalue weighted by molar-refractivity contribution is 0.0178. The largest absolute Gasteiger partial charge is 0.390 e. The Morgan fingerprint density at radius 3 is 2.47 bits per heavy atom. The number of aliphatic hydroxyl groups is 1. The Morgan fingerprint density at radius 2 is 1.94 bits per heavy atom. The molecule has 0 aromatic heterocycles. The van der Waals surface area contributed by atoms with Crippen LogP contribution >= 0.6 is 0 Å². The van der Waals surface area contributed by atoms with Gasteiger partial charge in [-0.3, -0.25) is 0 Å². The summed E-state index contributed by atoms with van der Waals surface area (Å²) in [6, 6.07) is 0. The van der Waals surface area contributed by atoms with Gasteiger partial charge in [0.25, 0.3) is 6.43 Å². The lowest BCUT2D eigenvalue weighted by atomic mass is 10.3. The first kappa shape index (κ1) is 16.7. The van der Waals surface area contributed by atoms with Crippen molar-refractivity contribution in [1.29, 1.82) is 0 Å². The number of hydrogen-bond acceptors (Lipinski definition) is 4. The first-order valence-corrected chi connectivity index (χ1v) is 6.07. The van der Waals surface area contributed by atoms with Crippen molar-refractivity contribution in [3.8, 4) is 0 Å². The normalized spacial score (nSPS) is 13.6. The van der Waals surface area contributed by atoms with Gasteiger partial charge in [-0.05, 0) is 13.1 Å². The Bertz CT molecular complexity index is 170. The Labute approximate surface area is 102 Å². The summed E-state index contributed by atoms with van der Waals surface area (Å²) in [5.74, 6) is 0. The second kappa shape index (κ2) is 10.8. The third-order valence-electron chi connectivity index (χ3n) is 2.41. The summed E-state index contributed by atoms with van der Waals surface area (Å²) in [5.41, 5.74) is 0. The van der Waals surface area contributed by atoms with Crippen LogP contribution in [0.5, 0.6) is 0 Å². The molecule has 0 aliphatic rings. The first-order chi connectivity index (χ1) is 8.10. The fraction of sp³-hybridized carbons (Fsp3) is 1.00. The van der Waals surface area contributed by atoms with E-state index in [0.717, 1.165) is 13.1 Å². The predicted octanol–water partition coefficient (Wildman–Crippen LogP) is 0.560. The van der Waals surface area contributed by atoms with E-state index >= 15 is 0 Å². The number of halogens is 2. The monoisotopic (exact) mass is 254 g/mol. The SMILES string of the molecule is CCN(CC)CC(O)CNCCOCC(F)F.